The monoisotopic (exact) mass is 265 g/mol. The van der Waals surface area contributed by atoms with Crippen LogP contribution < -0.4 is 20.7 Å². The fraction of sp³-hybridized carbons (Fsp3) is 0.500. The Hall–Kier alpha value is -1.75. The van der Waals surface area contributed by atoms with Gasteiger partial charge in [0.15, 0.2) is 0 Å². The molecule has 0 radical (unpaired) electrons. The maximum Gasteiger partial charge on any atom is 0.239 e. The number of nitrogens with zero attached hydrogens (tertiary/aromatic N) is 1. The molecule has 0 aliphatic heterocycles. The molecule has 1 rings (SSSR count). The summed E-state index contributed by atoms with van der Waals surface area (Å²) in [5.41, 5.74) is 7.72. The lowest BCUT2D eigenvalue weighted by atomic mass is 10.1. The van der Waals surface area contributed by atoms with Crippen LogP contribution in [-0.2, 0) is 11.3 Å². The van der Waals surface area contributed by atoms with Crippen LogP contribution in [0.5, 0.6) is 5.75 Å². The van der Waals surface area contributed by atoms with E-state index in [0.717, 1.165) is 23.5 Å². The summed E-state index contributed by atoms with van der Waals surface area (Å²) in [5, 5.41) is 2.80. The molecule has 1 amide bonds. The van der Waals surface area contributed by atoms with Crippen molar-refractivity contribution in [2.75, 3.05) is 31.6 Å². The first-order chi connectivity index (χ1) is 9.15. The van der Waals surface area contributed by atoms with Crippen LogP contribution in [0.25, 0.3) is 0 Å². The number of hydrogen-bond acceptors (Lipinski definition) is 4. The number of carbonyl (C=O) groups is 1. The molecule has 1 aromatic carbocycles. The normalized spacial score (nSPS) is 10.1. The van der Waals surface area contributed by atoms with Crippen molar-refractivity contribution in [2.45, 2.75) is 20.4 Å². The summed E-state index contributed by atoms with van der Waals surface area (Å²) < 4.78 is 5.23. The van der Waals surface area contributed by atoms with Gasteiger partial charge in [-0.1, -0.05) is 6.07 Å². The number of methoxy groups -OCH3 is 1. The first-order valence-electron chi connectivity index (χ1n) is 6.54. The van der Waals surface area contributed by atoms with Crippen molar-refractivity contribution >= 4 is 11.6 Å². The van der Waals surface area contributed by atoms with E-state index in [0.29, 0.717) is 19.6 Å². The molecule has 0 atom stereocenters. The summed E-state index contributed by atoms with van der Waals surface area (Å²) in [6.45, 7) is 6.05. The van der Waals surface area contributed by atoms with Crippen LogP contribution >= 0.6 is 0 Å². The Morgan fingerprint density at radius 1 is 1.42 bits per heavy atom. The lowest BCUT2D eigenvalue weighted by Gasteiger charge is -2.25. The van der Waals surface area contributed by atoms with Gasteiger partial charge in [0, 0.05) is 31.4 Å². The third kappa shape index (κ3) is 4.13. The average Bonchev–Trinajstić information content (AvgIpc) is 2.44. The van der Waals surface area contributed by atoms with Crippen molar-refractivity contribution in [3.8, 4) is 5.75 Å². The fourth-order valence-electron chi connectivity index (χ4n) is 1.93. The predicted octanol–water partition coefficient (Wildman–Crippen LogP) is 1.12. The van der Waals surface area contributed by atoms with Gasteiger partial charge in [0.05, 0.1) is 13.7 Å². The number of ether oxygens (including phenoxy) is 1. The number of hydrogen-bond donors (Lipinski definition) is 2. The lowest BCUT2D eigenvalue weighted by molar-refractivity contribution is -0.119. The second-order valence-electron chi connectivity index (χ2n) is 4.17. The topological polar surface area (TPSA) is 67.6 Å². The van der Waals surface area contributed by atoms with Gasteiger partial charge in [-0.3, -0.25) is 4.79 Å². The van der Waals surface area contributed by atoms with E-state index in [1.165, 1.54) is 0 Å². The van der Waals surface area contributed by atoms with E-state index < -0.39 is 0 Å². The molecule has 0 heterocycles. The quantitative estimate of drug-likeness (QED) is 0.775. The number of carbonyl (C=O) groups excluding carboxylic acids is 1. The predicted molar refractivity (Wildman–Crippen MR) is 77.5 cm³/mol. The van der Waals surface area contributed by atoms with E-state index in [2.05, 4.69) is 5.32 Å². The number of benzene rings is 1. The molecule has 0 saturated carbocycles. The largest absolute Gasteiger partial charge is 0.497 e. The summed E-state index contributed by atoms with van der Waals surface area (Å²) in [4.78, 5) is 13.7. The molecule has 0 bridgehead atoms. The number of nitrogens with two attached hydrogens (primary N) is 1. The minimum absolute atomic E-state index is 0.00939. The van der Waals surface area contributed by atoms with Crippen LogP contribution in [0.3, 0.4) is 0 Å². The highest BCUT2D eigenvalue weighted by molar-refractivity contribution is 5.81. The molecule has 106 valence electrons. The van der Waals surface area contributed by atoms with Gasteiger partial charge in [-0.05, 0) is 25.5 Å². The first-order valence-corrected chi connectivity index (χ1v) is 6.54. The fourth-order valence-corrected chi connectivity index (χ4v) is 1.93. The summed E-state index contributed by atoms with van der Waals surface area (Å²) >= 11 is 0. The van der Waals surface area contributed by atoms with Gasteiger partial charge >= 0.3 is 0 Å². The van der Waals surface area contributed by atoms with Crippen LogP contribution in [-0.4, -0.2) is 32.7 Å². The van der Waals surface area contributed by atoms with Gasteiger partial charge in [0.1, 0.15) is 5.75 Å². The Morgan fingerprint density at radius 2 is 2.16 bits per heavy atom. The van der Waals surface area contributed by atoms with Crippen molar-refractivity contribution in [3.05, 3.63) is 23.8 Å². The molecule has 0 unspecified atom stereocenters. The molecule has 0 aliphatic rings. The summed E-state index contributed by atoms with van der Waals surface area (Å²) in [5.74, 6) is 0.775. The molecule has 5 heteroatoms. The molecular weight excluding hydrogens is 242 g/mol. The average molecular weight is 265 g/mol. The minimum atomic E-state index is 0.00939. The van der Waals surface area contributed by atoms with Crippen molar-refractivity contribution in [1.82, 2.24) is 5.32 Å². The summed E-state index contributed by atoms with van der Waals surface area (Å²) in [7, 11) is 1.63. The molecule has 0 saturated heterocycles. The SMILES string of the molecule is CCNC(=O)CN(CC)c1cc(OC)ccc1CN. The number of nitrogens with one attached hydrogen (secondary N) is 1. The van der Waals surface area contributed by atoms with E-state index in [1.54, 1.807) is 7.11 Å². The highest BCUT2D eigenvalue weighted by Gasteiger charge is 2.13. The van der Waals surface area contributed by atoms with Gasteiger partial charge in [0.25, 0.3) is 0 Å². The summed E-state index contributed by atoms with van der Waals surface area (Å²) in [6, 6.07) is 5.74. The molecule has 0 spiro atoms. The van der Waals surface area contributed by atoms with E-state index in [4.69, 9.17) is 10.5 Å². The van der Waals surface area contributed by atoms with Crippen molar-refractivity contribution in [3.63, 3.8) is 0 Å². The van der Waals surface area contributed by atoms with Crippen LogP contribution in [0, 0.1) is 0 Å². The van der Waals surface area contributed by atoms with E-state index in [9.17, 15) is 4.79 Å². The number of likely N-dealkylation sites (N-methyl/N-ethyl adjacent to an activating group) is 2. The van der Waals surface area contributed by atoms with Crippen molar-refractivity contribution in [2.24, 2.45) is 5.73 Å². The maximum absolute atomic E-state index is 11.7. The van der Waals surface area contributed by atoms with Gasteiger partial charge in [-0.25, -0.2) is 0 Å². The second kappa shape index (κ2) is 7.63. The van der Waals surface area contributed by atoms with Crippen molar-refractivity contribution < 1.29 is 9.53 Å². The van der Waals surface area contributed by atoms with Crippen LogP contribution in [0.1, 0.15) is 19.4 Å². The Kier molecular flexibility index (Phi) is 6.15. The molecule has 1 aromatic rings. The first kappa shape index (κ1) is 15.3. The highest BCUT2D eigenvalue weighted by atomic mass is 16.5. The zero-order chi connectivity index (χ0) is 14.3. The van der Waals surface area contributed by atoms with Gasteiger partial charge in [-0.2, -0.15) is 0 Å². The Bertz CT molecular complexity index is 421. The zero-order valence-corrected chi connectivity index (χ0v) is 11.9. The molecule has 19 heavy (non-hydrogen) atoms. The Balaban J connectivity index is 2.98. The van der Waals surface area contributed by atoms with Crippen LogP contribution in [0.4, 0.5) is 5.69 Å². The third-order valence-electron chi connectivity index (χ3n) is 2.94. The van der Waals surface area contributed by atoms with E-state index in [1.807, 2.05) is 36.9 Å². The molecule has 0 aromatic heterocycles. The molecule has 5 nitrogen and oxygen atoms in total. The van der Waals surface area contributed by atoms with Crippen LogP contribution in [0.2, 0.25) is 0 Å². The van der Waals surface area contributed by atoms with Crippen molar-refractivity contribution in [1.29, 1.82) is 0 Å². The number of rotatable bonds is 7. The number of anilines is 1. The molecule has 0 fully saturated rings. The van der Waals surface area contributed by atoms with Gasteiger partial charge in [-0.15, -0.1) is 0 Å². The Morgan fingerprint density at radius 3 is 2.68 bits per heavy atom. The maximum atomic E-state index is 11.7. The van der Waals surface area contributed by atoms with Crippen LogP contribution in [0.15, 0.2) is 18.2 Å². The van der Waals surface area contributed by atoms with Gasteiger partial charge in [0.2, 0.25) is 5.91 Å². The highest BCUT2D eigenvalue weighted by Crippen LogP contribution is 2.25. The molecular formula is C14H23N3O2. The Labute approximate surface area is 114 Å². The second-order valence-corrected chi connectivity index (χ2v) is 4.17. The minimum Gasteiger partial charge on any atom is -0.497 e. The zero-order valence-electron chi connectivity index (χ0n) is 11.9. The lowest BCUT2D eigenvalue weighted by Crippen LogP contribution is -2.37. The summed E-state index contributed by atoms with van der Waals surface area (Å²) in [6.07, 6.45) is 0. The molecule has 0 aliphatic carbocycles. The van der Waals surface area contributed by atoms with E-state index in [-0.39, 0.29) is 5.91 Å². The smallest absolute Gasteiger partial charge is 0.239 e. The number of amides is 1. The standard InChI is InChI=1S/C14H23N3O2/c1-4-16-14(18)10-17(5-2)13-8-12(19-3)7-6-11(13)9-15/h6-8H,4-5,9-10,15H2,1-3H3,(H,16,18). The van der Waals surface area contributed by atoms with Gasteiger partial charge < -0.3 is 20.7 Å². The van der Waals surface area contributed by atoms with E-state index >= 15 is 0 Å². The molecule has 3 N–H and O–H groups in total. The third-order valence-corrected chi connectivity index (χ3v) is 2.94.